The number of nitrogens with two attached hydrogens (primary N) is 1. The summed E-state index contributed by atoms with van der Waals surface area (Å²) in [6.07, 6.45) is 3.59. The Balaban J connectivity index is 2.29. The van der Waals surface area contributed by atoms with Gasteiger partial charge in [0, 0.05) is 6.04 Å². The second-order valence-corrected chi connectivity index (χ2v) is 4.68. The van der Waals surface area contributed by atoms with E-state index in [0.29, 0.717) is 16.7 Å². The number of phenolic OH excluding ortho intramolecular Hbond substituents is 1. The van der Waals surface area contributed by atoms with Crippen LogP contribution in [0.1, 0.15) is 30.9 Å². The smallest absolute Gasteiger partial charge is 0.176 e. The van der Waals surface area contributed by atoms with Gasteiger partial charge in [-0.3, -0.25) is 0 Å². The van der Waals surface area contributed by atoms with E-state index in [0.717, 1.165) is 5.56 Å². The van der Waals surface area contributed by atoms with E-state index in [4.69, 9.17) is 22.1 Å². The van der Waals surface area contributed by atoms with Crippen LogP contribution >= 0.6 is 11.6 Å². The summed E-state index contributed by atoms with van der Waals surface area (Å²) in [5.41, 5.74) is 7.08. The number of methoxy groups -OCH3 is 1. The molecule has 1 fully saturated rings. The first kappa shape index (κ1) is 11.6. The van der Waals surface area contributed by atoms with Crippen LogP contribution in [0.2, 0.25) is 5.02 Å². The predicted octanol–water partition coefficient (Wildman–Crippen LogP) is 2.85. The van der Waals surface area contributed by atoms with Crippen molar-refractivity contribution in [3.8, 4) is 11.5 Å². The van der Waals surface area contributed by atoms with Gasteiger partial charge in [-0.2, -0.15) is 0 Å². The van der Waals surface area contributed by atoms with Gasteiger partial charge in [-0.25, -0.2) is 0 Å². The Hall–Kier alpha value is -0.930. The van der Waals surface area contributed by atoms with E-state index in [-0.39, 0.29) is 11.8 Å². The average Bonchev–Trinajstić information content (AvgIpc) is 2.19. The van der Waals surface area contributed by atoms with Crippen molar-refractivity contribution in [3.63, 3.8) is 0 Å². The average molecular weight is 242 g/mol. The van der Waals surface area contributed by atoms with E-state index in [1.54, 1.807) is 12.1 Å². The molecule has 0 spiro atoms. The Kier molecular flexibility index (Phi) is 3.26. The molecular weight excluding hydrogens is 226 g/mol. The van der Waals surface area contributed by atoms with Gasteiger partial charge in [0.1, 0.15) is 0 Å². The second kappa shape index (κ2) is 4.52. The first-order chi connectivity index (χ1) is 7.63. The Morgan fingerprint density at radius 2 is 2.19 bits per heavy atom. The molecule has 1 aliphatic carbocycles. The standard InChI is InChI=1S/C12H16ClNO2/c1-16-10-6-8(5-9(13)12(10)15)11(14)7-3-2-4-7/h5-7,11,15H,2-4,14H2,1H3/t11-/m0/s1. The van der Waals surface area contributed by atoms with Crippen molar-refractivity contribution in [1.82, 2.24) is 0 Å². The Morgan fingerprint density at radius 3 is 2.69 bits per heavy atom. The number of hydrogen-bond acceptors (Lipinski definition) is 3. The van der Waals surface area contributed by atoms with Crippen LogP contribution < -0.4 is 10.5 Å². The first-order valence-corrected chi connectivity index (χ1v) is 5.83. The summed E-state index contributed by atoms with van der Waals surface area (Å²) in [7, 11) is 1.50. The molecule has 0 heterocycles. The molecule has 1 aromatic rings. The maximum atomic E-state index is 9.62. The molecule has 88 valence electrons. The molecule has 0 unspecified atom stereocenters. The quantitative estimate of drug-likeness (QED) is 0.856. The molecule has 16 heavy (non-hydrogen) atoms. The Labute approximate surface area is 100 Å². The number of benzene rings is 1. The van der Waals surface area contributed by atoms with E-state index in [2.05, 4.69) is 0 Å². The second-order valence-electron chi connectivity index (χ2n) is 4.27. The number of halogens is 1. The van der Waals surface area contributed by atoms with Crippen molar-refractivity contribution in [2.45, 2.75) is 25.3 Å². The summed E-state index contributed by atoms with van der Waals surface area (Å²) in [5, 5.41) is 9.91. The lowest BCUT2D eigenvalue weighted by Crippen LogP contribution is -2.26. The first-order valence-electron chi connectivity index (χ1n) is 5.45. The summed E-state index contributed by atoms with van der Waals surface area (Å²) in [5.74, 6) is 0.899. The lowest BCUT2D eigenvalue weighted by molar-refractivity contribution is 0.263. The summed E-state index contributed by atoms with van der Waals surface area (Å²) >= 11 is 5.92. The molecule has 3 N–H and O–H groups in total. The molecule has 0 aliphatic heterocycles. The van der Waals surface area contributed by atoms with Gasteiger partial charge in [-0.1, -0.05) is 18.0 Å². The van der Waals surface area contributed by atoms with Crippen molar-refractivity contribution in [1.29, 1.82) is 0 Å². The molecule has 0 aromatic heterocycles. The van der Waals surface area contributed by atoms with Crippen LogP contribution in [-0.2, 0) is 0 Å². The Bertz CT molecular complexity index is 391. The normalized spacial score (nSPS) is 17.9. The van der Waals surface area contributed by atoms with E-state index in [1.165, 1.54) is 26.4 Å². The molecule has 1 saturated carbocycles. The van der Waals surface area contributed by atoms with Crippen molar-refractivity contribution in [3.05, 3.63) is 22.7 Å². The van der Waals surface area contributed by atoms with Crippen LogP contribution in [0.4, 0.5) is 0 Å². The van der Waals surface area contributed by atoms with Crippen LogP contribution in [-0.4, -0.2) is 12.2 Å². The third-order valence-electron chi connectivity index (χ3n) is 3.31. The highest BCUT2D eigenvalue weighted by atomic mass is 35.5. The number of aromatic hydroxyl groups is 1. The monoisotopic (exact) mass is 241 g/mol. The fraction of sp³-hybridized carbons (Fsp3) is 0.500. The van der Waals surface area contributed by atoms with Gasteiger partial charge in [0.15, 0.2) is 11.5 Å². The van der Waals surface area contributed by atoms with Crippen LogP contribution in [0.3, 0.4) is 0 Å². The van der Waals surface area contributed by atoms with Crippen molar-refractivity contribution in [2.75, 3.05) is 7.11 Å². The minimum absolute atomic E-state index is 0.0132. The summed E-state index contributed by atoms with van der Waals surface area (Å²) in [6.45, 7) is 0. The molecule has 1 aliphatic rings. The minimum Gasteiger partial charge on any atom is -0.503 e. The number of rotatable bonds is 3. The van der Waals surface area contributed by atoms with Gasteiger partial charge in [-0.15, -0.1) is 0 Å². The summed E-state index contributed by atoms with van der Waals surface area (Å²) < 4.78 is 5.06. The zero-order valence-electron chi connectivity index (χ0n) is 9.24. The van der Waals surface area contributed by atoms with Crippen LogP contribution in [0.25, 0.3) is 0 Å². The van der Waals surface area contributed by atoms with Crippen molar-refractivity contribution >= 4 is 11.6 Å². The van der Waals surface area contributed by atoms with Gasteiger partial charge in [0.2, 0.25) is 0 Å². The van der Waals surface area contributed by atoms with Crippen LogP contribution in [0.15, 0.2) is 12.1 Å². The molecule has 0 amide bonds. The Morgan fingerprint density at radius 1 is 1.50 bits per heavy atom. The number of ether oxygens (including phenoxy) is 1. The highest BCUT2D eigenvalue weighted by molar-refractivity contribution is 6.32. The summed E-state index contributed by atoms with van der Waals surface area (Å²) in [4.78, 5) is 0. The topological polar surface area (TPSA) is 55.5 Å². The zero-order chi connectivity index (χ0) is 11.7. The molecule has 0 saturated heterocycles. The maximum Gasteiger partial charge on any atom is 0.176 e. The molecule has 0 bridgehead atoms. The van der Waals surface area contributed by atoms with Gasteiger partial charge in [0.05, 0.1) is 12.1 Å². The molecule has 2 rings (SSSR count). The highest BCUT2D eigenvalue weighted by Gasteiger charge is 2.26. The lowest BCUT2D eigenvalue weighted by atomic mass is 9.77. The maximum absolute atomic E-state index is 9.62. The third kappa shape index (κ3) is 1.97. The number of phenols is 1. The van der Waals surface area contributed by atoms with Crippen LogP contribution in [0.5, 0.6) is 11.5 Å². The summed E-state index contributed by atoms with van der Waals surface area (Å²) in [6, 6.07) is 3.48. The molecule has 3 nitrogen and oxygen atoms in total. The minimum atomic E-state index is -0.0197. The van der Waals surface area contributed by atoms with Gasteiger partial charge in [0.25, 0.3) is 0 Å². The zero-order valence-corrected chi connectivity index (χ0v) is 10.00. The molecule has 1 aromatic carbocycles. The molecule has 4 heteroatoms. The van der Waals surface area contributed by atoms with Gasteiger partial charge >= 0.3 is 0 Å². The van der Waals surface area contributed by atoms with E-state index >= 15 is 0 Å². The van der Waals surface area contributed by atoms with Crippen LogP contribution in [0, 0.1) is 5.92 Å². The molecule has 0 radical (unpaired) electrons. The van der Waals surface area contributed by atoms with Gasteiger partial charge in [-0.05, 0) is 36.5 Å². The predicted molar refractivity (Wildman–Crippen MR) is 63.9 cm³/mol. The molecular formula is C12H16ClNO2. The highest BCUT2D eigenvalue weighted by Crippen LogP contribution is 2.41. The van der Waals surface area contributed by atoms with Crippen molar-refractivity contribution in [2.24, 2.45) is 11.7 Å². The van der Waals surface area contributed by atoms with E-state index < -0.39 is 0 Å². The largest absolute Gasteiger partial charge is 0.503 e. The lowest BCUT2D eigenvalue weighted by Gasteiger charge is -2.31. The fourth-order valence-corrected chi connectivity index (χ4v) is 2.23. The van der Waals surface area contributed by atoms with Gasteiger partial charge < -0.3 is 15.6 Å². The van der Waals surface area contributed by atoms with Crippen molar-refractivity contribution < 1.29 is 9.84 Å². The SMILES string of the molecule is COc1cc([C@@H](N)C2CCC2)cc(Cl)c1O. The fourth-order valence-electron chi connectivity index (χ4n) is 2.01. The van der Waals surface area contributed by atoms with E-state index in [1.807, 2.05) is 0 Å². The third-order valence-corrected chi connectivity index (χ3v) is 3.60. The molecule has 1 atom stereocenters. The van der Waals surface area contributed by atoms with E-state index in [9.17, 15) is 5.11 Å². The number of hydrogen-bond donors (Lipinski definition) is 2.